The molecule has 13 heavy (non-hydrogen) atoms. The van der Waals surface area contributed by atoms with E-state index in [0.717, 1.165) is 0 Å². The van der Waals surface area contributed by atoms with Gasteiger partial charge in [0.1, 0.15) is 0 Å². The number of H-pyrrole nitrogens is 1. The molecule has 0 saturated carbocycles. The molecule has 2 nitrogen and oxygen atoms in total. The molecule has 0 aliphatic heterocycles. The zero-order chi connectivity index (χ0) is 9.42. The smallest absolute Gasteiger partial charge is 0.190 e. The van der Waals surface area contributed by atoms with Gasteiger partial charge in [-0.25, -0.2) is 0 Å². The summed E-state index contributed by atoms with van der Waals surface area (Å²) in [6, 6.07) is 4.66. The third-order valence-corrected chi connectivity index (χ3v) is 2.29. The van der Waals surface area contributed by atoms with Crippen molar-refractivity contribution in [2.75, 3.05) is 0 Å². The van der Waals surface area contributed by atoms with Gasteiger partial charge >= 0.3 is 0 Å². The average molecular weight is 214 g/mol. The normalized spacial score (nSPS) is 10.6. The standard InChI is InChI=1S/C9H5Cl2NO/c10-5-3-6(11)9-7(4-5)12-2-1-8(9)13/h1-4H,(H,12,13). The third kappa shape index (κ3) is 1.43. The molecule has 2 rings (SSSR count). The Hall–Kier alpha value is -0.990. The monoisotopic (exact) mass is 213 g/mol. The van der Waals surface area contributed by atoms with E-state index < -0.39 is 0 Å². The van der Waals surface area contributed by atoms with Crippen LogP contribution in [0.5, 0.6) is 0 Å². The lowest BCUT2D eigenvalue weighted by Crippen LogP contribution is -2.00. The summed E-state index contributed by atoms with van der Waals surface area (Å²) in [5.41, 5.74) is 0.556. The second-order valence-corrected chi connectivity index (χ2v) is 3.50. The quantitative estimate of drug-likeness (QED) is 0.718. The maximum atomic E-state index is 11.4. The van der Waals surface area contributed by atoms with Gasteiger partial charge in [-0.05, 0) is 12.1 Å². The molecular weight excluding hydrogens is 209 g/mol. The molecule has 0 saturated heterocycles. The summed E-state index contributed by atoms with van der Waals surface area (Å²) < 4.78 is 0. The fraction of sp³-hybridized carbons (Fsp3) is 0. The summed E-state index contributed by atoms with van der Waals surface area (Å²) in [6.45, 7) is 0. The van der Waals surface area contributed by atoms with E-state index in [9.17, 15) is 4.79 Å². The number of aromatic amines is 1. The van der Waals surface area contributed by atoms with Gasteiger partial charge in [-0.2, -0.15) is 0 Å². The topological polar surface area (TPSA) is 32.9 Å². The Bertz CT molecular complexity index is 518. The van der Waals surface area contributed by atoms with Crippen LogP contribution in [-0.2, 0) is 0 Å². The van der Waals surface area contributed by atoms with Crippen LogP contribution >= 0.6 is 23.2 Å². The van der Waals surface area contributed by atoms with Crippen molar-refractivity contribution in [1.29, 1.82) is 0 Å². The van der Waals surface area contributed by atoms with E-state index >= 15 is 0 Å². The first-order valence-electron chi connectivity index (χ1n) is 3.65. The Kier molecular flexibility index (Phi) is 2.02. The summed E-state index contributed by atoms with van der Waals surface area (Å²) in [4.78, 5) is 14.3. The minimum atomic E-state index is -0.101. The van der Waals surface area contributed by atoms with Crippen molar-refractivity contribution in [1.82, 2.24) is 4.98 Å². The fourth-order valence-corrected chi connectivity index (χ4v) is 1.81. The van der Waals surface area contributed by atoms with Crippen molar-refractivity contribution in [2.24, 2.45) is 0 Å². The number of rotatable bonds is 0. The van der Waals surface area contributed by atoms with Crippen LogP contribution in [0.4, 0.5) is 0 Å². The van der Waals surface area contributed by atoms with Gasteiger partial charge in [0.2, 0.25) is 0 Å². The van der Waals surface area contributed by atoms with Crippen molar-refractivity contribution in [3.05, 3.63) is 44.7 Å². The first-order valence-corrected chi connectivity index (χ1v) is 4.40. The molecular formula is C9H5Cl2NO. The van der Waals surface area contributed by atoms with Crippen LogP contribution in [0, 0.1) is 0 Å². The lowest BCUT2D eigenvalue weighted by Gasteiger charge is -1.99. The Morgan fingerprint density at radius 3 is 2.77 bits per heavy atom. The van der Waals surface area contributed by atoms with Gasteiger partial charge < -0.3 is 4.98 Å². The van der Waals surface area contributed by atoms with Crippen molar-refractivity contribution in [3.8, 4) is 0 Å². The lowest BCUT2D eigenvalue weighted by atomic mass is 10.2. The van der Waals surface area contributed by atoms with E-state index in [0.29, 0.717) is 20.9 Å². The molecule has 0 radical (unpaired) electrons. The fourth-order valence-electron chi connectivity index (χ4n) is 1.23. The maximum absolute atomic E-state index is 11.4. The van der Waals surface area contributed by atoms with Gasteiger partial charge in [0, 0.05) is 17.3 Å². The molecule has 1 aromatic heterocycles. The predicted molar refractivity (Wildman–Crippen MR) is 54.6 cm³/mol. The predicted octanol–water partition coefficient (Wildman–Crippen LogP) is 2.83. The van der Waals surface area contributed by atoms with Crippen LogP contribution in [0.2, 0.25) is 10.0 Å². The van der Waals surface area contributed by atoms with Crippen LogP contribution in [0.25, 0.3) is 10.9 Å². The summed E-state index contributed by atoms with van der Waals surface area (Å²) in [7, 11) is 0. The van der Waals surface area contributed by atoms with Gasteiger partial charge in [-0.3, -0.25) is 4.79 Å². The minimum Gasteiger partial charge on any atom is -0.361 e. The Labute approximate surface area is 84.1 Å². The summed E-state index contributed by atoms with van der Waals surface area (Å²) in [5, 5.41) is 1.37. The van der Waals surface area contributed by atoms with Crippen molar-refractivity contribution in [2.45, 2.75) is 0 Å². The van der Waals surface area contributed by atoms with Crippen LogP contribution in [0.15, 0.2) is 29.2 Å². The molecule has 0 amide bonds. The number of nitrogens with one attached hydrogen (secondary N) is 1. The summed E-state index contributed by atoms with van der Waals surface area (Å²) in [5.74, 6) is 0. The van der Waals surface area contributed by atoms with Crippen LogP contribution in [0.1, 0.15) is 0 Å². The Balaban J connectivity index is 3.03. The average Bonchev–Trinajstić information content (AvgIpc) is 2.02. The summed E-state index contributed by atoms with van der Waals surface area (Å²) >= 11 is 11.6. The molecule has 0 aliphatic rings. The third-order valence-electron chi connectivity index (χ3n) is 1.77. The van der Waals surface area contributed by atoms with Crippen LogP contribution in [-0.4, -0.2) is 4.98 Å². The molecule has 1 N–H and O–H groups in total. The van der Waals surface area contributed by atoms with E-state index in [1.165, 1.54) is 6.07 Å². The van der Waals surface area contributed by atoms with E-state index in [1.807, 2.05) is 0 Å². The first-order chi connectivity index (χ1) is 6.18. The second kappa shape index (κ2) is 3.05. The number of halogens is 2. The Morgan fingerprint density at radius 2 is 2.00 bits per heavy atom. The number of fused-ring (bicyclic) bond motifs is 1. The highest BCUT2D eigenvalue weighted by Gasteiger charge is 2.03. The molecule has 1 heterocycles. The maximum Gasteiger partial charge on any atom is 0.190 e. The number of hydrogen-bond donors (Lipinski definition) is 1. The number of pyridine rings is 1. The van der Waals surface area contributed by atoms with Crippen LogP contribution in [0.3, 0.4) is 0 Å². The number of aromatic nitrogens is 1. The zero-order valence-electron chi connectivity index (χ0n) is 6.47. The van der Waals surface area contributed by atoms with Crippen molar-refractivity contribution >= 4 is 34.1 Å². The molecule has 0 spiro atoms. The number of hydrogen-bond acceptors (Lipinski definition) is 1. The Morgan fingerprint density at radius 1 is 1.23 bits per heavy atom. The molecule has 0 bridgehead atoms. The molecule has 0 aliphatic carbocycles. The molecule has 0 unspecified atom stereocenters. The molecule has 2 aromatic rings. The number of benzene rings is 1. The van der Waals surface area contributed by atoms with E-state index in [4.69, 9.17) is 23.2 Å². The van der Waals surface area contributed by atoms with Gasteiger partial charge in [0.05, 0.1) is 15.9 Å². The highest BCUT2D eigenvalue weighted by Crippen LogP contribution is 2.23. The SMILES string of the molecule is O=c1cc[nH]c2cc(Cl)cc(Cl)c12. The van der Waals surface area contributed by atoms with E-state index in [1.54, 1.807) is 18.3 Å². The van der Waals surface area contributed by atoms with Gasteiger partial charge in [0.15, 0.2) is 5.43 Å². The lowest BCUT2D eigenvalue weighted by molar-refractivity contribution is 1.39. The molecule has 0 atom stereocenters. The van der Waals surface area contributed by atoms with Gasteiger partial charge in [-0.15, -0.1) is 0 Å². The first kappa shape index (κ1) is 8.60. The molecule has 66 valence electrons. The highest BCUT2D eigenvalue weighted by molar-refractivity contribution is 6.38. The molecule has 1 aromatic carbocycles. The molecule has 0 fully saturated rings. The highest BCUT2D eigenvalue weighted by atomic mass is 35.5. The van der Waals surface area contributed by atoms with Crippen LogP contribution < -0.4 is 5.43 Å². The van der Waals surface area contributed by atoms with Gasteiger partial charge in [0.25, 0.3) is 0 Å². The molecule has 4 heteroatoms. The van der Waals surface area contributed by atoms with E-state index in [2.05, 4.69) is 4.98 Å². The minimum absolute atomic E-state index is 0.101. The zero-order valence-corrected chi connectivity index (χ0v) is 7.99. The van der Waals surface area contributed by atoms with E-state index in [-0.39, 0.29) is 5.43 Å². The summed E-state index contributed by atoms with van der Waals surface area (Å²) in [6.07, 6.45) is 1.57. The van der Waals surface area contributed by atoms with Crippen molar-refractivity contribution in [3.63, 3.8) is 0 Å². The second-order valence-electron chi connectivity index (χ2n) is 2.65. The van der Waals surface area contributed by atoms with Gasteiger partial charge in [-0.1, -0.05) is 23.2 Å². The van der Waals surface area contributed by atoms with Crippen molar-refractivity contribution < 1.29 is 0 Å². The largest absolute Gasteiger partial charge is 0.361 e.